The number of para-hydroxylation sites is 2. The number of benzene rings is 1. The minimum absolute atomic E-state index is 0.132. The van der Waals surface area contributed by atoms with Crippen LogP contribution in [0, 0.1) is 5.92 Å². The molecule has 1 aliphatic heterocycles. The Hall–Kier alpha value is -2.54. The Labute approximate surface area is 172 Å². The minimum Gasteiger partial charge on any atom is -0.490 e. The van der Waals surface area contributed by atoms with Gasteiger partial charge in [-0.15, -0.1) is 0 Å². The first-order valence-corrected chi connectivity index (χ1v) is 10.4. The minimum atomic E-state index is 0.132. The standard InChI is InChI=1S/C22H31N5O2/c1-24(2)12-13-29-21-7-5-4-6-20(21)26-8-10-27(11-9-26)22(28)19-14-18(19)17-15-23-25(3)16-17/h4-7,15-16,18-19H,8-14H2,1-3H3/t18-,19+/m1/s1. The number of hydrogen-bond donors (Lipinski definition) is 0. The Morgan fingerprint density at radius 2 is 1.97 bits per heavy atom. The van der Waals surface area contributed by atoms with Gasteiger partial charge in [-0.25, -0.2) is 0 Å². The molecule has 0 unspecified atom stereocenters. The third-order valence-electron chi connectivity index (χ3n) is 5.85. The lowest BCUT2D eigenvalue weighted by Gasteiger charge is -2.37. The number of nitrogens with zero attached hydrogens (tertiary/aromatic N) is 5. The highest BCUT2D eigenvalue weighted by Gasteiger charge is 2.46. The van der Waals surface area contributed by atoms with Gasteiger partial charge in [0.2, 0.25) is 5.91 Å². The molecule has 2 heterocycles. The molecule has 1 saturated heterocycles. The molecule has 2 atom stereocenters. The number of aromatic nitrogens is 2. The maximum absolute atomic E-state index is 12.9. The quantitative estimate of drug-likeness (QED) is 0.713. The van der Waals surface area contributed by atoms with E-state index in [1.54, 1.807) is 0 Å². The average molecular weight is 398 g/mol. The average Bonchev–Trinajstić information content (AvgIpc) is 3.41. The molecule has 29 heavy (non-hydrogen) atoms. The van der Waals surface area contributed by atoms with Crippen LogP contribution in [0.15, 0.2) is 36.7 Å². The number of carbonyl (C=O) groups excluding carboxylic acids is 1. The number of carbonyl (C=O) groups is 1. The van der Waals surface area contributed by atoms with E-state index >= 15 is 0 Å². The van der Waals surface area contributed by atoms with Crippen LogP contribution in [0.4, 0.5) is 5.69 Å². The molecule has 0 radical (unpaired) electrons. The SMILES string of the molecule is CN(C)CCOc1ccccc1N1CCN(C(=O)[C@H]2C[C@@H]2c2cnn(C)c2)CC1. The number of likely N-dealkylation sites (N-methyl/N-ethyl adjacent to an activating group) is 1. The number of rotatable bonds is 7. The van der Waals surface area contributed by atoms with Crippen molar-refractivity contribution in [3.05, 3.63) is 42.2 Å². The largest absolute Gasteiger partial charge is 0.490 e. The van der Waals surface area contributed by atoms with E-state index in [4.69, 9.17) is 4.74 Å². The van der Waals surface area contributed by atoms with E-state index in [0.717, 1.165) is 50.6 Å². The number of ether oxygens (including phenoxy) is 1. The molecule has 0 bridgehead atoms. The summed E-state index contributed by atoms with van der Waals surface area (Å²) in [6.45, 7) is 4.76. The van der Waals surface area contributed by atoms with Crippen LogP contribution in [0.5, 0.6) is 5.75 Å². The second-order valence-electron chi connectivity index (χ2n) is 8.33. The molecular weight excluding hydrogens is 366 g/mol. The molecule has 156 valence electrons. The van der Waals surface area contributed by atoms with Gasteiger partial charge < -0.3 is 19.4 Å². The Balaban J connectivity index is 1.31. The highest BCUT2D eigenvalue weighted by molar-refractivity contribution is 5.83. The van der Waals surface area contributed by atoms with Crippen molar-refractivity contribution in [1.29, 1.82) is 0 Å². The molecule has 1 aliphatic carbocycles. The van der Waals surface area contributed by atoms with Gasteiger partial charge in [-0.3, -0.25) is 9.48 Å². The van der Waals surface area contributed by atoms with Gasteiger partial charge in [-0.05, 0) is 44.1 Å². The molecule has 1 saturated carbocycles. The van der Waals surface area contributed by atoms with Crippen molar-refractivity contribution < 1.29 is 9.53 Å². The first-order valence-electron chi connectivity index (χ1n) is 10.4. The van der Waals surface area contributed by atoms with Crippen LogP contribution in [0.1, 0.15) is 17.9 Å². The predicted molar refractivity (Wildman–Crippen MR) is 113 cm³/mol. The second kappa shape index (κ2) is 8.45. The highest BCUT2D eigenvalue weighted by Crippen LogP contribution is 2.48. The van der Waals surface area contributed by atoms with Crippen LogP contribution in [-0.4, -0.2) is 78.9 Å². The number of hydrogen-bond acceptors (Lipinski definition) is 5. The molecule has 2 aromatic rings. The van der Waals surface area contributed by atoms with Gasteiger partial charge in [0.15, 0.2) is 0 Å². The van der Waals surface area contributed by atoms with E-state index in [2.05, 4.69) is 21.0 Å². The molecule has 7 nitrogen and oxygen atoms in total. The Morgan fingerprint density at radius 3 is 2.66 bits per heavy atom. The monoisotopic (exact) mass is 397 g/mol. The lowest BCUT2D eigenvalue weighted by Crippen LogP contribution is -2.49. The van der Waals surface area contributed by atoms with Crippen molar-refractivity contribution >= 4 is 11.6 Å². The van der Waals surface area contributed by atoms with Crippen LogP contribution < -0.4 is 9.64 Å². The molecule has 2 fully saturated rings. The van der Waals surface area contributed by atoms with Crippen molar-refractivity contribution in [3.8, 4) is 5.75 Å². The summed E-state index contributed by atoms with van der Waals surface area (Å²) in [4.78, 5) is 19.4. The van der Waals surface area contributed by atoms with Gasteiger partial charge in [0.05, 0.1) is 11.9 Å². The third kappa shape index (κ3) is 4.56. The van der Waals surface area contributed by atoms with E-state index in [-0.39, 0.29) is 5.92 Å². The molecule has 1 amide bonds. The van der Waals surface area contributed by atoms with Gasteiger partial charge in [0, 0.05) is 51.9 Å². The number of piperazine rings is 1. The van der Waals surface area contributed by atoms with E-state index in [9.17, 15) is 4.79 Å². The van der Waals surface area contributed by atoms with E-state index in [0.29, 0.717) is 18.4 Å². The predicted octanol–water partition coefficient (Wildman–Crippen LogP) is 1.81. The maximum Gasteiger partial charge on any atom is 0.226 e. The number of aryl methyl sites for hydroxylation is 1. The smallest absolute Gasteiger partial charge is 0.226 e. The zero-order chi connectivity index (χ0) is 20.4. The molecule has 1 aromatic carbocycles. The summed E-state index contributed by atoms with van der Waals surface area (Å²) >= 11 is 0. The van der Waals surface area contributed by atoms with Crippen LogP contribution in [-0.2, 0) is 11.8 Å². The van der Waals surface area contributed by atoms with E-state index in [1.165, 1.54) is 5.56 Å². The summed E-state index contributed by atoms with van der Waals surface area (Å²) in [5.74, 6) is 1.70. The summed E-state index contributed by atoms with van der Waals surface area (Å²) in [6, 6.07) is 8.21. The molecular formula is C22H31N5O2. The third-order valence-corrected chi connectivity index (χ3v) is 5.85. The molecule has 4 rings (SSSR count). The summed E-state index contributed by atoms with van der Waals surface area (Å²) in [5, 5.41) is 4.24. The summed E-state index contributed by atoms with van der Waals surface area (Å²) in [5.41, 5.74) is 2.31. The van der Waals surface area contributed by atoms with Crippen molar-refractivity contribution in [2.45, 2.75) is 12.3 Å². The maximum atomic E-state index is 12.9. The fraction of sp³-hybridized carbons (Fsp3) is 0.545. The van der Waals surface area contributed by atoms with Gasteiger partial charge in [-0.2, -0.15) is 5.10 Å². The molecule has 7 heteroatoms. The Morgan fingerprint density at radius 1 is 1.21 bits per heavy atom. The van der Waals surface area contributed by atoms with Crippen LogP contribution >= 0.6 is 0 Å². The first-order chi connectivity index (χ1) is 14.0. The normalized spacial score (nSPS) is 21.5. The Kier molecular flexibility index (Phi) is 5.76. The van der Waals surface area contributed by atoms with Crippen LogP contribution in [0.2, 0.25) is 0 Å². The highest BCUT2D eigenvalue weighted by atomic mass is 16.5. The Bertz CT molecular complexity index is 841. The second-order valence-corrected chi connectivity index (χ2v) is 8.33. The van der Waals surface area contributed by atoms with Gasteiger partial charge in [0.25, 0.3) is 0 Å². The summed E-state index contributed by atoms with van der Waals surface area (Å²) in [6.07, 6.45) is 4.87. The lowest BCUT2D eigenvalue weighted by atomic mass is 10.1. The molecule has 2 aliphatic rings. The van der Waals surface area contributed by atoms with Crippen LogP contribution in [0.25, 0.3) is 0 Å². The molecule has 1 aromatic heterocycles. The fourth-order valence-electron chi connectivity index (χ4n) is 4.05. The number of anilines is 1. The summed E-state index contributed by atoms with van der Waals surface area (Å²) < 4.78 is 7.83. The van der Waals surface area contributed by atoms with E-state index in [1.807, 2.05) is 61.3 Å². The fourth-order valence-corrected chi connectivity index (χ4v) is 4.05. The first kappa shape index (κ1) is 19.8. The zero-order valence-corrected chi connectivity index (χ0v) is 17.6. The van der Waals surface area contributed by atoms with Gasteiger partial charge in [0.1, 0.15) is 12.4 Å². The lowest BCUT2D eigenvalue weighted by molar-refractivity contribution is -0.132. The number of amides is 1. The zero-order valence-electron chi connectivity index (χ0n) is 17.6. The molecule has 0 spiro atoms. The van der Waals surface area contributed by atoms with E-state index < -0.39 is 0 Å². The van der Waals surface area contributed by atoms with Crippen molar-refractivity contribution in [2.24, 2.45) is 13.0 Å². The topological polar surface area (TPSA) is 53.8 Å². The van der Waals surface area contributed by atoms with Crippen molar-refractivity contribution in [3.63, 3.8) is 0 Å². The molecule has 0 N–H and O–H groups in total. The van der Waals surface area contributed by atoms with Gasteiger partial charge >= 0.3 is 0 Å². The van der Waals surface area contributed by atoms with Crippen LogP contribution in [0.3, 0.4) is 0 Å². The van der Waals surface area contributed by atoms with Crippen molar-refractivity contribution in [1.82, 2.24) is 19.6 Å². The van der Waals surface area contributed by atoms with Gasteiger partial charge in [-0.1, -0.05) is 12.1 Å². The summed E-state index contributed by atoms with van der Waals surface area (Å²) in [7, 11) is 6.01. The van der Waals surface area contributed by atoms with Crippen molar-refractivity contribution in [2.75, 3.05) is 58.3 Å².